The summed E-state index contributed by atoms with van der Waals surface area (Å²) in [7, 11) is 1.98. The molecule has 0 saturated heterocycles. The molecule has 1 aromatic carbocycles. The lowest BCUT2D eigenvalue weighted by atomic mass is 10.1. The summed E-state index contributed by atoms with van der Waals surface area (Å²) in [5.74, 6) is 1.87. The van der Waals surface area contributed by atoms with Gasteiger partial charge in [0.05, 0.1) is 12.7 Å². The van der Waals surface area contributed by atoms with Gasteiger partial charge < -0.3 is 4.57 Å². The van der Waals surface area contributed by atoms with Crippen molar-refractivity contribution in [1.29, 1.82) is 0 Å². The molecule has 1 fully saturated rings. The first-order valence-electron chi connectivity index (χ1n) is 7.59. The Kier molecular flexibility index (Phi) is 4.32. The largest absolute Gasteiger partial charge is 0.321 e. The average molecular weight is 304 g/mol. The molecule has 3 nitrogen and oxygen atoms in total. The van der Waals surface area contributed by atoms with Crippen molar-refractivity contribution in [2.45, 2.75) is 38.9 Å². The highest BCUT2D eigenvalue weighted by Crippen LogP contribution is 2.36. The normalized spacial score (nSPS) is 16.4. The van der Waals surface area contributed by atoms with Gasteiger partial charge in [-0.25, -0.2) is 4.98 Å². The predicted molar refractivity (Wildman–Crippen MR) is 86.1 cm³/mol. The van der Waals surface area contributed by atoms with E-state index in [2.05, 4.69) is 47.1 Å². The van der Waals surface area contributed by atoms with E-state index in [0.29, 0.717) is 11.2 Å². The maximum Gasteiger partial charge on any atom is 0.128 e. The third-order valence-electron chi connectivity index (χ3n) is 4.48. The van der Waals surface area contributed by atoms with E-state index in [1.54, 1.807) is 6.20 Å². The molecular formula is C17H22ClN3. The first kappa shape index (κ1) is 14.6. The second-order valence-electron chi connectivity index (χ2n) is 6.02. The molecule has 0 N–H and O–H groups in total. The quantitative estimate of drug-likeness (QED) is 0.807. The third kappa shape index (κ3) is 3.47. The molecule has 3 rings (SSSR count). The van der Waals surface area contributed by atoms with Crippen LogP contribution in [0.2, 0.25) is 5.15 Å². The summed E-state index contributed by atoms with van der Waals surface area (Å²) in [5.41, 5.74) is 1.35. The van der Waals surface area contributed by atoms with Gasteiger partial charge in [-0.05, 0) is 31.2 Å². The Morgan fingerprint density at radius 3 is 2.57 bits per heavy atom. The van der Waals surface area contributed by atoms with Crippen LogP contribution in [-0.2, 0) is 20.1 Å². The molecule has 4 heteroatoms. The summed E-state index contributed by atoms with van der Waals surface area (Å²) >= 11 is 6.11. The second kappa shape index (κ2) is 6.20. The Balaban J connectivity index is 1.77. The Morgan fingerprint density at radius 1 is 1.29 bits per heavy atom. The lowest BCUT2D eigenvalue weighted by Gasteiger charge is -2.29. The smallest absolute Gasteiger partial charge is 0.128 e. The van der Waals surface area contributed by atoms with Crippen molar-refractivity contribution in [3.63, 3.8) is 0 Å². The predicted octanol–water partition coefficient (Wildman–Crippen LogP) is 3.87. The molecule has 1 atom stereocenters. The Bertz CT molecular complexity index is 589. The fourth-order valence-electron chi connectivity index (χ4n) is 2.79. The fourth-order valence-corrected chi connectivity index (χ4v) is 2.94. The minimum atomic E-state index is 0.584. The van der Waals surface area contributed by atoms with Crippen LogP contribution in [0.3, 0.4) is 0 Å². The van der Waals surface area contributed by atoms with Crippen molar-refractivity contribution < 1.29 is 0 Å². The second-order valence-corrected chi connectivity index (χ2v) is 6.41. The van der Waals surface area contributed by atoms with Crippen molar-refractivity contribution in [2.75, 3.05) is 0 Å². The minimum Gasteiger partial charge on any atom is -0.321 e. The van der Waals surface area contributed by atoms with Gasteiger partial charge in [0.15, 0.2) is 0 Å². The molecule has 2 aromatic rings. The third-order valence-corrected chi connectivity index (χ3v) is 4.83. The van der Waals surface area contributed by atoms with Crippen molar-refractivity contribution in [1.82, 2.24) is 14.5 Å². The van der Waals surface area contributed by atoms with Crippen molar-refractivity contribution in [3.8, 4) is 0 Å². The van der Waals surface area contributed by atoms with Gasteiger partial charge in [-0.3, -0.25) is 4.90 Å². The SMILES string of the molecule is CC(C1CC1)N(Cc1ccccc1)Cc1ncc(Cl)n1C. The summed E-state index contributed by atoms with van der Waals surface area (Å²) in [4.78, 5) is 6.97. The molecule has 1 saturated carbocycles. The van der Waals surface area contributed by atoms with E-state index >= 15 is 0 Å². The molecule has 0 amide bonds. The van der Waals surface area contributed by atoms with Gasteiger partial charge in [0, 0.05) is 19.6 Å². The number of benzene rings is 1. The standard InChI is InChI=1S/C17H22ClN3/c1-13(15-8-9-15)21(11-14-6-4-3-5-7-14)12-17-19-10-16(18)20(17)2/h3-7,10,13,15H,8-9,11-12H2,1-2H3. The highest BCUT2D eigenvalue weighted by Gasteiger charge is 2.32. The molecule has 0 bridgehead atoms. The lowest BCUT2D eigenvalue weighted by molar-refractivity contribution is 0.166. The van der Waals surface area contributed by atoms with E-state index in [4.69, 9.17) is 11.6 Å². The molecule has 1 aliphatic carbocycles. The van der Waals surface area contributed by atoms with E-state index < -0.39 is 0 Å². The summed E-state index contributed by atoms with van der Waals surface area (Å²) in [6, 6.07) is 11.2. The van der Waals surface area contributed by atoms with Crippen LogP contribution in [0.4, 0.5) is 0 Å². The van der Waals surface area contributed by atoms with Crippen molar-refractivity contribution >= 4 is 11.6 Å². The molecule has 1 unspecified atom stereocenters. The van der Waals surface area contributed by atoms with Gasteiger partial charge in [0.2, 0.25) is 0 Å². The fraction of sp³-hybridized carbons (Fsp3) is 0.471. The summed E-state index contributed by atoms with van der Waals surface area (Å²) in [5, 5.41) is 0.698. The van der Waals surface area contributed by atoms with Crippen LogP contribution in [0.15, 0.2) is 36.5 Å². The molecule has 21 heavy (non-hydrogen) atoms. The maximum absolute atomic E-state index is 6.11. The number of halogens is 1. The van der Waals surface area contributed by atoms with Gasteiger partial charge in [0.1, 0.15) is 11.0 Å². The van der Waals surface area contributed by atoms with E-state index in [1.165, 1.54) is 18.4 Å². The van der Waals surface area contributed by atoms with Crippen molar-refractivity contribution in [2.24, 2.45) is 13.0 Å². The monoisotopic (exact) mass is 303 g/mol. The molecular weight excluding hydrogens is 282 g/mol. The van der Waals surface area contributed by atoms with Crippen LogP contribution in [0.5, 0.6) is 0 Å². The van der Waals surface area contributed by atoms with Crippen LogP contribution < -0.4 is 0 Å². The zero-order valence-corrected chi connectivity index (χ0v) is 13.4. The van der Waals surface area contributed by atoms with Crippen LogP contribution in [0.25, 0.3) is 0 Å². The summed E-state index contributed by atoms with van der Waals surface area (Å²) < 4.78 is 1.97. The number of hydrogen-bond donors (Lipinski definition) is 0. The number of rotatable bonds is 6. The van der Waals surface area contributed by atoms with Gasteiger partial charge in [-0.1, -0.05) is 41.9 Å². The molecule has 0 spiro atoms. The molecule has 1 aromatic heterocycles. The van der Waals surface area contributed by atoms with E-state index in [0.717, 1.165) is 24.8 Å². The number of imidazole rings is 1. The van der Waals surface area contributed by atoms with Crippen LogP contribution >= 0.6 is 11.6 Å². The molecule has 0 aliphatic heterocycles. The minimum absolute atomic E-state index is 0.584. The van der Waals surface area contributed by atoms with Crippen LogP contribution in [0.1, 0.15) is 31.2 Å². The first-order valence-corrected chi connectivity index (χ1v) is 7.97. The van der Waals surface area contributed by atoms with E-state index in [9.17, 15) is 0 Å². The van der Waals surface area contributed by atoms with Crippen molar-refractivity contribution in [3.05, 3.63) is 53.1 Å². The summed E-state index contributed by atoms with van der Waals surface area (Å²) in [6.07, 6.45) is 4.45. The number of hydrogen-bond acceptors (Lipinski definition) is 2. The van der Waals surface area contributed by atoms with E-state index in [-0.39, 0.29) is 0 Å². The van der Waals surface area contributed by atoms with Gasteiger partial charge in [0.25, 0.3) is 0 Å². The number of nitrogens with zero attached hydrogens (tertiary/aromatic N) is 3. The van der Waals surface area contributed by atoms with Gasteiger partial charge in [-0.2, -0.15) is 0 Å². The Labute approximate surface area is 131 Å². The first-order chi connectivity index (χ1) is 10.1. The topological polar surface area (TPSA) is 21.1 Å². The Morgan fingerprint density at radius 2 is 2.00 bits per heavy atom. The average Bonchev–Trinajstić information content (AvgIpc) is 3.30. The Hall–Kier alpha value is -1.32. The summed E-state index contributed by atoms with van der Waals surface area (Å²) in [6.45, 7) is 4.14. The van der Waals surface area contributed by atoms with Crippen LogP contribution in [-0.4, -0.2) is 20.5 Å². The molecule has 1 aliphatic rings. The van der Waals surface area contributed by atoms with E-state index in [1.807, 2.05) is 11.6 Å². The highest BCUT2D eigenvalue weighted by atomic mass is 35.5. The van der Waals surface area contributed by atoms with Gasteiger partial charge in [-0.15, -0.1) is 0 Å². The molecule has 0 radical (unpaired) electrons. The zero-order chi connectivity index (χ0) is 14.8. The highest BCUT2D eigenvalue weighted by molar-refractivity contribution is 6.29. The van der Waals surface area contributed by atoms with Gasteiger partial charge >= 0.3 is 0 Å². The maximum atomic E-state index is 6.11. The molecule has 1 heterocycles. The zero-order valence-electron chi connectivity index (χ0n) is 12.7. The lowest BCUT2D eigenvalue weighted by Crippen LogP contribution is -2.34. The number of aromatic nitrogens is 2. The van der Waals surface area contributed by atoms with Crippen LogP contribution in [0, 0.1) is 5.92 Å². The molecule has 112 valence electrons.